The first-order chi connectivity index (χ1) is 8.31. The predicted octanol–water partition coefficient (Wildman–Crippen LogP) is 3.31. The Morgan fingerprint density at radius 1 is 1.06 bits per heavy atom. The van der Waals surface area contributed by atoms with Gasteiger partial charge in [-0.3, -0.25) is 0 Å². The summed E-state index contributed by atoms with van der Waals surface area (Å²) in [4.78, 5) is 2.58. The zero-order valence-electron chi connectivity index (χ0n) is 10.1. The van der Waals surface area contributed by atoms with Crippen LogP contribution in [-0.4, -0.2) is 11.1 Å². The molecule has 2 nitrogen and oxygen atoms in total. The molecule has 2 aliphatic heterocycles. The summed E-state index contributed by atoms with van der Waals surface area (Å²) >= 11 is 0. The summed E-state index contributed by atoms with van der Waals surface area (Å²) in [7, 11) is 0. The van der Waals surface area contributed by atoms with Gasteiger partial charge in [-0.05, 0) is 44.0 Å². The summed E-state index contributed by atoms with van der Waals surface area (Å²) in [6, 6.07) is 13.2. The van der Waals surface area contributed by atoms with Crippen molar-refractivity contribution < 1.29 is 0 Å². The highest BCUT2D eigenvalue weighted by atomic mass is 15.3. The largest absolute Gasteiger partial charge is 0.359 e. The normalized spacial score (nSPS) is 25.4. The van der Waals surface area contributed by atoms with Gasteiger partial charge >= 0.3 is 0 Å². The Morgan fingerprint density at radius 2 is 1.88 bits per heavy atom. The van der Waals surface area contributed by atoms with Gasteiger partial charge in [0.05, 0.1) is 16.9 Å². The average molecular weight is 224 g/mol. The van der Waals surface area contributed by atoms with Gasteiger partial charge in [0.25, 0.3) is 0 Å². The van der Waals surface area contributed by atoms with Crippen molar-refractivity contribution in [3.05, 3.63) is 48.3 Å². The van der Waals surface area contributed by atoms with E-state index in [4.69, 9.17) is 0 Å². The van der Waals surface area contributed by atoms with Crippen LogP contribution < -0.4 is 4.90 Å². The number of para-hydroxylation sites is 2. The first-order valence-corrected chi connectivity index (χ1v) is 6.36. The Balaban J connectivity index is 2.08. The van der Waals surface area contributed by atoms with Gasteiger partial charge in [0.2, 0.25) is 0 Å². The first-order valence-electron chi connectivity index (χ1n) is 6.36. The van der Waals surface area contributed by atoms with Crippen LogP contribution in [0.1, 0.15) is 25.5 Å². The molecule has 0 spiro atoms. The van der Waals surface area contributed by atoms with Crippen LogP contribution in [0.15, 0.2) is 42.6 Å². The van der Waals surface area contributed by atoms with Crippen LogP contribution in [0.5, 0.6) is 0 Å². The van der Waals surface area contributed by atoms with E-state index in [-0.39, 0.29) is 5.54 Å². The van der Waals surface area contributed by atoms with Crippen molar-refractivity contribution in [1.82, 2.24) is 4.57 Å². The first kappa shape index (κ1) is 9.34. The van der Waals surface area contributed by atoms with E-state index in [1.807, 2.05) is 0 Å². The monoisotopic (exact) mass is 224 g/mol. The van der Waals surface area contributed by atoms with Gasteiger partial charge in [-0.1, -0.05) is 12.1 Å². The Bertz CT molecular complexity index is 584. The summed E-state index contributed by atoms with van der Waals surface area (Å²) in [6.07, 6.45) is 4.73. The highest BCUT2D eigenvalue weighted by Crippen LogP contribution is 2.48. The number of hydrogen-bond acceptors (Lipinski definition) is 1. The lowest BCUT2D eigenvalue weighted by molar-refractivity contribution is 0.458. The van der Waals surface area contributed by atoms with Crippen LogP contribution in [0.25, 0.3) is 5.69 Å². The van der Waals surface area contributed by atoms with Crippen LogP contribution in [0.4, 0.5) is 5.69 Å². The fraction of sp³-hybridized carbons (Fsp3) is 0.333. The molecule has 86 valence electrons. The summed E-state index contributed by atoms with van der Waals surface area (Å²) in [5, 5.41) is 0. The fourth-order valence-electron chi connectivity index (χ4n) is 3.54. The third-order valence-corrected chi connectivity index (χ3v) is 4.37. The van der Waals surface area contributed by atoms with Gasteiger partial charge in [0, 0.05) is 18.4 Å². The van der Waals surface area contributed by atoms with Crippen molar-refractivity contribution in [1.29, 1.82) is 0 Å². The molecule has 1 saturated heterocycles. The van der Waals surface area contributed by atoms with E-state index in [2.05, 4.69) is 59.0 Å². The van der Waals surface area contributed by atoms with Crippen LogP contribution in [0.3, 0.4) is 0 Å². The molecule has 0 N–H and O–H groups in total. The van der Waals surface area contributed by atoms with E-state index < -0.39 is 0 Å². The molecular formula is C15H16N2. The number of fused-ring (bicyclic) bond motifs is 6. The maximum Gasteiger partial charge on any atom is 0.0780 e. The Morgan fingerprint density at radius 3 is 2.76 bits per heavy atom. The second-order valence-corrected chi connectivity index (χ2v) is 5.28. The average Bonchev–Trinajstić information content (AvgIpc) is 2.95. The second kappa shape index (κ2) is 2.95. The predicted molar refractivity (Wildman–Crippen MR) is 69.7 cm³/mol. The molecule has 0 aliphatic carbocycles. The Labute approximate surface area is 101 Å². The third-order valence-electron chi connectivity index (χ3n) is 4.37. The van der Waals surface area contributed by atoms with E-state index in [0.717, 1.165) is 0 Å². The molecule has 3 heterocycles. The summed E-state index contributed by atoms with van der Waals surface area (Å²) in [5.74, 6) is 0. The Kier molecular flexibility index (Phi) is 1.62. The minimum Gasteiger partial charge on any atom is -0.359 e. The minimum absolute atomic E-state index is 0.192. The SMILES string of the molecule is CC12CCCN1c1ccccc1-n1cccc12. The van der Waals surface area contributed by atoms with Crippen molar-refractivity contribution in [3.63, 3.8) is 0 Å². The molecular weight excluding hydrogens is 208 g/mol. The molecule has 2 aliphatic rings. The lowest BCUT2D eigenvalue weighted by atomic mass is 9.91. The minimum atomic E-state index is 0.192. The van der Waals surface area contributed by atoms with E-state index >= 15 is 0 Å². The molecule has 2 aromatic rings. The number of aromatic nitrogens is 1. The standard InChI is InChI=1S/C15H16N2/c1-15-9-5-11-17(15)13-7-3-2-6-12(13)16-10-4-8-14(15)16/h2-4,6-8,10H,5,9,11H2,1H3. The molecule has 4 rings (SSSR count). The van der Waals surface area contributed by atoms with E-state index in [1.54, 1.807) is 0 Å². The zero-order chi connectivity index (χ0) is 11.5. The van der Waals surface area contributed by atoms with Crippen molar-refractivity contribution >= 4 is 5.69 Å². The van der Waals surface area contributed by atoms with Gasteiger partial charge in [0.1, 0.15) is 0 Å². The zero-order valence-corrected chi connectivity index (χ0v) is 10.1. The maximum atomic E-state index is 2.58. The van der Waals surface area contributed by atoms with E-state index in [9.17, 15) is 0 Å². The molecule has 0 amide bonds. The van der Waals surface area contributed by atoms with Gasteiger partial charge in [0.15, 0.2) is 0 Å². The number of hydrogen-bond donors (Lipinski definition) is 0. The smallest absolute Gasteiger partial charge is 0.0780 e. The lowest BCUT2D eigenvalue weighted by Crippen LogP contribution is -2.43. The third kappa shape index (κ3) is 1.01. The van der Waals surface area contributed by atoms with Crippen LogP contribution in [0, 0.1) is 0 Å². The van der Waals surface area contributed by atoms with Gasteiger partial charge in [-0.25, -0.2) is 0 Å². The second-order valence-electron chi connectivity index (χ2n) is 5.28. The Hall–Kier alpha value is -1.70. The van der Waals surface area contributed by atoms with Crippen LogP contribution >= 0.6 is 0 Å². The number of rotatable bonds is 0. The summed E-state index contributed by atoms with van der Waals surface area (Å²) in [6.45, 7) is 3.56. The number of nitrogens with zero attached hydrogens (tertiary/aromatic N) is 2. The molecule has 2 heteroatoms. The molecule has 17 heavy (non-hydrogen) atoms. The fourth-order valence-corrected chi connectivity index (χ4v) is 3.54. The number of benzene rings is 1. The molecule has 1 fully saturated rings. The molecule has 1 aromatic heterocycles. The van der Waals surface area contributed by atoms with Gasteiger partial charge in [-0.2, -0.15) is 0 Å². The number of anilines is 1. The van der Waals surface area contributed by atoms with E-state index in [1.165, 1.54) is 36.5 Å². The van der Waals surface area contributed by atoms with Crippen LogP contribution in [0.2, 0.25) is 0 Å². The topological polar surface area (TPSA) is 8.17 Å². The molecule has 0 bridgehead atoms. The van der Waals surface area contributed by atoms with E-state index in [0.29, 0.717) is 0 Å². The summed E-state index contributed by atoms with van der Waals surface area (Å²) in [5.41, 5.74) is 4.34. The molecule has 1 unspecified atom stereocenters. The van der Waals surface area contributed by atoms with Crippen molar-refractivity contribution in [3.8, 4) is 5.69 Å². The highest BCUT2D eigenvalue weighted by molar-refractivity contribution is 5.69. The lowest BCUT2D eigenvalue weighted by Gasteiger charge is -2.43. The van der Waals surface area contributed by atoms with Crippen molar-refractivity contribution in [2.75, 3.05) is 11.4 Å². The molecule has 0 saturated carbocycles. The summed E-state index contributed by atoms with van der Waals surface area (Å²) < 4.78 is 2.36. The van der Waals surface area contributed by atoms with Crippen molar-refractivity contribution in [2.24, 2.45) is 0 Å². The van der Waals surface area contributed by atoms with Gasteiger partial charge < -0.3 is 9.47 Å². The van der Waals surface area contributed by atoms with Crippen LogP contribution in [-0.2, 0) is 5.54 Å². The molecule has 1 aromatic carbocycles. The van der Waals surface area contributed by atoms with Crippen molar-refractivity contribution in [2.45, 2.75) is 25.3 Å². The quantitative estimate of drug-likeness (QED) is 0.666. The molecule has 1 atom stereocenters. The molecule has 0 radical (unpaired) electrons. The van der Waals surface area contributed by atoms with Gasteiger partial charge in [-0.15, -0.1) is 0 Å². The highest BCUT2D eigenvalue weighted by Gasteiger charge is 2.43. The maximum absolute atomic E-state index is 2.58.